The number of pyridine rings is 1. The maximum atomic E-state index is 11.8. The molecule has 0 fully saturated rings. The number of nitrogens with zero attached hydrogens (tertiary/aromatic N) is 2. The number of carbonyl (C=O) groups excluding carboxylic acids is 1. The van der Waals surface area contributed by atoms with Crippen LogP contribution in [0.25, 0.3) is 22.3 Å². The number of hydrogen-bond acceptors (Lipinski definition) is 5. The van der Waals surface area contributed by atoms with Crippen molar-refractivity contribution in [3.05, 3.63) is 34.9 Å². The summed E-state index contributed by atoms with van der Waals surface area (Å²) in [7, 11) is 0. The highest BCUT2D eigenvalue weighted by atomic mass is 32.1. The smallest absolute Gasteiger partial charge is 0.315 e. The molecule has 3 heterocycles. The Hall–Kier alpha value is -2.21. The Bertz CT molecular complexity index is 778. The van der Waals surface area contributed by atoms with E-state index in [1.807, 2.05) is 30.6 Å². The molecule has 108 valence electrons. The van der Waals surface area contributed by atoms with E-state index in [0.717, 1.165) is 27.3 Å². The monoisotopic (exact) mass is 301 g/mol. The van der Waals surface area contributed by atoms with E-state index >= 15 is 0 Å². The molecule has 3 aromatic rings. The van der Waals surface area contributed by atoms with Crippen molar-refractivity contribution in [3.8, 4) is 11.3 Å². The lowest BCUT2D eigenvalue weighted by Crippen LogP contribution is -2.12. The first kappa shape index (κ1) is 13.8. The molecule has 0 saturated carbocycles. The van der Waals surface area contributed by atoms with Crippen LogP contribution < -0.4 is 0 Å². The maximum Gasteiger partial charge on any atom is 0.315 e. The van der Waals surface area contributed by atoms with Crippen molar-refractivity contribution in [2.24, 2.45) is 0 Å². The molecule has 3 rings (SSSR count). The summed E-state index contributed by atoms with van der Waals surface area (Å²) in [6.45, 7) is 4.00. The number of hydrogen-bond donors (Lipinski definition) is 1. The lowest BCUT2D eigenvalue weighted by Gasteiger charge is -2.06. The molecule has 0 aliphatic carbocycles. The van der Waals surface area contributed by atoms with Crippen molar-refractivity contribution in [2.75, 3.05) is 6.61 Å². The molecular weight excluding hydrogens is 286 g/mol. The van der Waals surface area contributed by atoms with E-state index in [0.29, 0.717) is 6.61 Å². The molecule has 0 aliphatic rings. The van der Waals surface area contributed by atoms with Crippen LogP contribution in [-0.4, -0.2) is 27.5 Å². The molecule has 1 atom stereocenters. The molecule has 0 bridgehead atoms. The van der Waals surface area contributed by atoms with Crippen molar-refractivity contribution in [3.63, 3.8) is 0 Å². The van der Waals surface area contributed by atoms with Gasteiger partial charge in [-0.2, -0.15) is 0 Å². The third-order valence-corrected chi connectivity index (χ3v) is 4.29. The van der Waals surface area contributed by atoms with Crippen molar-refractivity contribution < 1.29 is 9.53 Å². The van der Waals surface area contributed by atoms with E-state index in [4.69, 9.17) is 4.74 Å². The van der Waals surface area contributed by atoms with Crippen LogP contribution in [0.3, 0.4) is 0 Å². The molecular formula is C15H15N3O2S. The molecule has 1 N–H and O–H groups in total. The van der Waals surface area contributed by atoms with Gasteiger partial charge in [-0.05, 0) is 26.0 Å². The van der Waals surface area contributed by atoms with E-state index in [-0.39, 0.29) is 11.9 Å². The van der Waals surface area contributed by atoms with Gasteiger partial charge >= 0.3 is 5.97 Å². The minimum atomic E-state index is -0.341. The second-order valence-corrected chi connectivity index (χ2v) is 5.54. The standard InChI is InChI=1S/C15H15N3O2S/c1-3-20-15(19)9(2)14-18-12(8-21-14)11-7-17-13-10(11)5-4-6-16-13/h4-9H,3H2,1-2H3,(H,16,17)/t9-/m0/s1. The number of carbonyl (C=O) groups is 1. The topological polar surface area (TPSA) is 67.9 Å². The Kier molecular flexibility index (Phi) is 3.70. The first-order valence-electron chi connectivity index (χ1n) is 6.75. The van der Waals surface area contributed by atoms with E-state index in [1.165, 1.54) is 11.3 Å². The first-order chi connectivity index (χ1) is 10.2. The van der Waals surface area contributed by atoms with Gasteiger partial charge in [0.2, 0.25) is 0 Å². The van der Waals surface area contributed by atoms with E-state index < -0.39 is 0 Å². The molecule has 0 aromatic carbocycles. The Morgan fingerprint density at radius 3 is 3.19 bits per heavy atom. The first-order valence-corrected chi connectivity index (χ1v) is 7.63. The highest BCUT2D eigenvalue weighted by Gasteiger charge is 2.21. The highest BCUT2D eigenvalue weighted by Crippen LogP contribution is 2.31. The van der Waals surface area contributed by atoms with Gasteiger partial charge in [0.15, 0.2) is 0 Å². The van der Waals surface area contributed by atoms with E-state index in [2.05, 4.69) is 15.0 Å². The lowest BCUT2D eigenvalue weighted by atomic mass is 10.1. The molecule has 3 aromatic heterocycles. The number of H-pyrrole nitrogens is 1. The number of esters is 1. The number of thiazole rings is 1. The van der Waals surface area contributed by atoms with Crippen molar-refractivity contribution in [2.45, 2.75) is 19.8 Å². The number of nitrogens with one attached hydrogen (secondary N) is 1. The SMILES string of the molecule is CCOC(=O)[C@@H](C)c1nc(-c2c[nH]c3ncccc23)cs1. The quantitative estimate of drug-likeness (QED) is 0.750. The zero-order chi connectivity index (χ0) is 14.8. The van der Waals surface area contributed by atoms with Crippen LogP contribution in [0, 0.1) is 0 Å². The van der Waals surface area contributed by atoms with Crippen molar-refractivity contribution >= 4 is 28.3 Å². The summed E-state index contributed by atoms with van der Waals surface area (Å²) in [6, 6.07) is 3.90. The summed E-state index contributed by atoms with van der Waals surface area (Å²) >= 11 is 1.47. The molecule has 5 nitrogen and oxygen atoms in total. The number of rotatable bonds is 4. The third kappa shape index (κ3) is 2.54. The van der Waals surface area contributed by atoms with Crippen LogP contribution in [0.15, 0.2) is 29.9 Å². The number of aromatic nitrogens is 3. The maximum absolute atomic E-state index is 11.8. The second-order valence-electron chi connectivity index (χ2n) is 4.65. The van der Waals surface area contributed by atoms with Crippen LogP contribution in [0.5, 0.6) is 0 Å². The molecule has 0 radical (unpaired) electrons. The Morgan fingerprint density at radius 2 is 2.38 bits per heavy atom. The van der Waals surface area contributed by atoms with Crippen LogP contribution >= 0.6 is 11.3 Å². The van der Waals surface area contributed by atoms with Gasteiger partial charge in [0.05, 0.1) is 12.3 Å². The zero-order valence-corrected chi connectivity index (χ0v) is 12.6. The van der Waals surface area contributed by atoms with Gasteiger partial charge in [0.25, 0.3) is 0 Å². The molecule has 6 heteroatoms. The van der Waals surface area contributed by atoms with Gasteiger partial charge in [0, 0.05) is 28.7 Å². The molecule has 0 aliphatic heterocycles. The summed E-state index contributed by atoms with van der Waals surface area (Å²) in [4.78, 5) is 23.8. The van der Waals surface area contributed by atoms with Gasteiger partial charge in [-0.15, -0.1) is 11.3 Å². The van der Waals surface area contributed by atoms with E-state index in [9.17, 15) is 4.79 Å². The predicted molar refractivity (Wildman–Crippen MR) is 82.2 cm³/mol. The normalized spacial score (nSPS) is 12.5. The highest BCUT2D eigenvalue weighted by molar-refractivity contribution is 7.10. The Balaban J connectivity index is 1.93. The summed E-state index contributed by atoms with van der Waals surface area (Å²) in [5, 5.41) is 3.75. The number of fused-ring (bicyclic) bond motifs is 1. The lowest BCUT2D eigenvalue weighted by molar-refractivity contribution is -0.144. The van der Waals surface area contributed by atoms with Crippen LogP contribution in [-0.2, 0) is 9.53 Å². The minimum absolute atomic E-state index is 0.237. The number of ether oxygens (including phenoxy) is 1. The Labute approximate surface area is 126 Å². The Morgan fingerprint density at radius 1 is 1.52 bits per heavy atom. The van der Waals surface area contributed by atoms with Crippen molar-refractivity contribution in [1.82, 2.24) is 15.0 Å². The summed E-state index contributed by atoms with van der Waals surface area (Å²) in [5.41, 5.74) is 2.68. The summed E-state index contributed by atoms with van der Waals surface area (Å²) in [6.07, 6.45) is 3.64. The van der Waals surface area contributed by atoms with Crippen LogP contribution in [0.4, 0.5) is 0 Å². The third-order valence-electron chi connectivity index (χ3n) is 3.26. The fourth-order valence-corrected chi connectivity index (χ4v) is 3.01. The average Bonchev–Trinajstić information content (AvgIpc) is 3.13. The molecule has 0 saturated heterocycles. The average molecular weight is 301 g/mol. The van der Waals surface area contributed by atoms with E-state index in [1.54, 1.807) is 13.1 Å². The van der Waals surface area contributed by atoms with Gasteiger partial charge in [-0.25, -0.2) is 9.97 Å². The molecule has 0 spiro atoms. The van der Waals surface area contributed by atoms with Gasteiger partial charge in [0.1, 0.15) is 16.6 Å². The zero-order valence-electron chi connectivity index (χ0n) is 11.8. The van der Waals surface area contributed by atoms with Crippen molar-refractivity contribution in [1.29, 1.82) is 0 Å². The summed E-state index contributed by atoms with van der Waals surface area (Å²) < 4.78 is 5.04. The molecule has 0 amide bonds. The van der Waals surface area contributed by atoms with Gasteiger partial charge < -0.3 is 9.72 Å². The minimum Gasteiger partial charge on any atom is -0.465 e. The van der Waals surface area contributed by atoms with Gasteiger partial charge in [-0.3, -0.25) is 4.79 Å². The molecule has 0 unspecified atom stereocenters. The second kappa shape index (κ2) is 5.65. The number of aromatic amines is 1. The fourth-order valence-electron chi connectivity index (χ4n) is 2.15. The largest absolute Gasteiger partial charge is 0.465 e. The summed E-state index contributed by atoms with van der Waals surface area (Å²) in [5.74, 6) is -0.578. The van der Waals surface area contributed by atoms with Crippen LogP contribution in [0.1, 0.15) is 24.8 Å². The van der Waals surface area contributed by atoms with Crippen LogP contribution in [0.2, 0.25) is 0 Å². The predicted octanol–water partition coefficient (Wildman–Crippen LogP) is 3.35. The fraction of sp³-hybridized carbons (Fsp3) is 0.267. The molecule has 21 heavy (non-hydrogen) atoms. The van der Waals surface area contributed by atoms with Gasteiger partial charge in [-0.1, -0.05) is 0 Å².